The van der Waals surface area contributed by atoms with Crippen LogP contribution in [0, 0.1) is 19.8 Å². The first kappa shape index (κ1) is 14.6. The molecule has 1 N–H and O–H groups in total. The van der Waals surface area contributed by atoms with E-state index >= 15 is 0 Å². The van der Waals surface area contributed by atoms with Crippen LogP contribution >= 0.6 is 0 Å². The predicted molar refractivity (Wildman–Crippen MR) is 88.4 cm³/mol. The van der Waals surface area contributed by atoms with Crippen LogP contribution in [0.1, 0.15) is 36.5 Å². The first-order chi connectivity index (χ1) is 9.58. The van der Waals surface area contributed by atoms with Crippen molar-refractivity contribution in [3.8, 4) is 0 Å². The Kier molecular flexibility index (Phi) is 4.84. The molecule has 1 atom stereocenters. The summed E-state index contributed by atoms with van der Waals surface area (Å²) in [6, 6.07) is 17.4. The fraction of sp³-hybridized carbons (Fsp3) is 0.368. The van der Waals surface area contributed by atoms with Gasteiger partial charge in [-0.15, -0.1) is 0 Å². The van der Waals surface area contributed by atoms with Crippen LogP contribution in [0.15, 0.2) is 48.5 Å². The van der Waals surface area contributed by atoms with E-state index in [0.29, 0.717) is 11.8 Å². The molecule has 0 saturated heterocycles. The number of aryl methyl sites for hydroxylation is 2. The van der Waals surface area contributed by atoms with Gasteiger partial charge in [-0.05, 0) is 42.5 Å². The average molecular weight is 267 g/mol. The lowest BCUT2D eigenvalue weighted by atomic mass is 9.88. The van der Waals surface area contributed by atoms with Crippen LogP contribution in [-0.4, -0.2) is 6.54 Å². The monoisotopic (exact) mass is 267 g/mol. The minimum atomic E-state index is 0.538. The lowest BCUT2D eigenvalue weighted by molar-refractivity contribution is 0.517. The highest BCUT2D eigenvalue weighted by Gasteiger charge is 2.15. The van der Waals surface area contributed by atoms with Crippen LogP contribution in [0.2, 0.25) is 0 Å². The fourth-order valence-electron chi connectivity index (χ4n) is 2.58. The summed E-state index contributed by atoms with van der Waals surface area (Å²) in [6.07, 6.45) is 0. The number of benzene rings is 2. The fourth-order valence-corrected chi connectivity index (χ4v) is 2.58. The Labute approximate surface area is 123 Å². The minimum Gasteiger partial charge on any atom is -0.384 e. The maximum Gasteiger partial charge on any atom is 0.0372 e. The van der Waals surface area contributed by atoms with E-state index in [4.69, 9.17) is 0 Å². The number of anilines is 1. The Hall–Kier alpha value is -1.76. The molecular weight excluding hydrogens is 242 g/mol. The van der Waals surface area contributed by atoms with E-state index in [0.717, 1.165) is 6.54 Å². The molecule has 2 aromatic rings. The Morgan fingerprint density at radius 1 is 0.950 bits per heavy atom. The molecule has 1 unspecified atom stereocenters. The zero-order valence-electron chi connectivity index (χ0n) is 13.0. The summed E-state index contributed by atoms with van der Waals surface area (Å²) in [5.74, 6) is 1.16. The second-order valence-electron chi connectivity index (χ2n) is 5.96. The molecule has 2 aromatic carbocycles. The molecule has 1 heteroatoms. The molecule has 0 fully saturated rings. The van der Waals surface area contributed by atoms with Crippen molar-refractivity contribution < 1.29 is 0 Å². The van der Waals surface area contributed by atoms with Gasteiger partial charge in [-0.25, -0.2) is 0 Å². The third-order valence-electron chi connectivity index (χ3n) is 3.94. The van der Waals surface area contributed by atoms with Crippen molar-refractivity contribution >= 4 is 5.69 Å². The predicted octanol–water partition coefficient (Wildman–Crippen LogP) is 5.16. The van der Waals surface area contributed by atoms with Gasteiger partial charge in [0.25, 0.3) is 0 Å². The summed E-state index contributed by atoms with van der Waals surface area (Å²) in [5, 5.41) is 3.63. The maximum atomic E-state index is 3.63. The van der Waals surface area contributed by atoms with Crippen LogP contribution in [0.25, 0.3) is 0 Å². The molecule has 0 heterocycles. The second kappa shape index (κ2) is 6.60. The quantitative estimate of drug-likeness (QED) is 0.789. The van der Waals surface area contributed by atoms with Gasteiger partial charge in [0.2, 0.25) is 0 Å². The normalized spacial score (nSPS) is 12.4. The Bertz CT molecular complexity index is 543. The molecule has 0 aromatic heterocycles. The number of rotatable bonds is 5. The van der Waals surface area contributed by atoms with Gasteiger partial charge in [0.1, 0.15) is 0 Å². The van der Waals surface area contributed by atoms with Crippen molar-refractivity contribution in [1.29, 1.82) is 0 Å². The SMILES string of the molecule is Cc1ccc(C)c(NCC(c2ccccc2)C(C)C)c1. The minimum absolute atomic E-state index is 0.538. The lowest BCUT2D eigenvalue weighted by Gasteiger charge is -2.23. The zero-order chi connectivity index (χ0) is 14.5. The van der Waals surface area contributed by atoms with Gasteiger partial charge >= 0.3 is 0 Å². The number of nitrogens with one attached hydrogen (secondary N) is 1. The Morgan fingerprint density at radius 3 is 2.30 bits per heavy atom. The summed E-state index contributed by atoms with van der Waals surface area (Å²) in [4.78, 5) is 0. The molecule has 106 valence electrons. The molecule has 0 saturated carbocycles. The van der Waals surface area contributed by atoms with Gasteiger partial charge in [-0.1, -0.05) is 56.3 Å². The third-order valence-corrected chi connectivity index (χ3v) is 3.94. The third kappa shape index (κ3) is 3.63. The van der Waals surface area contributed by atoms with Crippen LogP contribution in [0.3, 0.4) is 0 Å². The largest absolute Gasteiger partial charge is 0.384 e. The van der Waals surface area contributed by atoms with E-state index in [2.05, 4.69) is 81.5 Å². The molecule has 1 nitrogen and oxygen atoms in total. The summed E-state index contributed by atoms with van der Waals surface area (Å²) in [7, 11) is 0. The second-order valence-corrected chi connectivity index (χ2v) is 5.96. The standard InChI is InChI=1S/C19H25N/c1-14(2)18(17-8-6-5-7-9-17)13-20-19-12-15(3)10-11-16(19)4/h5-12,14,18,20H,13H2,1-4H3. The van der Waals surface area contributed by atoms with Gasteiger partial charge in [-0.3, -0.25) is 0 Å². The van der Waals surface area contributed by atoms with Gasteiger partial charge < -0.3 is 5.32 Å². The van der Waals surface area contributed by atoms with E-state index in [1.807, 2.05) is 0 Å². The van der Waals surface area contributed by atoms with Crippen LogP contribution < -0.4 is 5.32 Å². The van der Waals surface area contributed by atoms with Crippen LogP contribution in [0.4, 0.5) is 5.69 Å². The molecule has 0 aliphatic carbocycles. The smallest absolute Gasteiger partial charge is 0.0372 e. The first-order valence-electron chi connectivity index (χ1n) is 7.44. The summed E-state index contributed by atoms with van der Waals surface area (Å²) < 4.78 is 0. The highest BCUT2D eigenvalue weighted by atomic mass is 14.9. The van der Waals surface area contributed by atoms with E-state index in [1.54, 1.807) is 0 Å². The van der Waals surface area contributed by atoms with Gasteiger partial charge in [0.15, 0.2) is 0 Å². The van der Waals surface area contributed by atoms with E-state index in [9.17, 15) is 0 Å². The molecule has 0 bridgehead atoms. The van der Waals surface area contributed by atoms with Gasteiger partial charge in [0.05, 0.1) is 0 Å². The van der Waals surface area contributed by atoms with Crippen LogP contribution in [0.5, 0.6) is 0 Å². The van der Waals surface area contributed by atoms with Crippen molar-refractivity contribution in [3.05, 3.63) is 65.2 Å². The molecule has 0 aliphatic rings. The molecule has 0 radical (unpaired) electrons. The van der Waals surface area contributed by atoms with Gasteiger partial charge in [0, 0.05) is 18.2 Å². The summed E-state index contributed by atoms with van der Waals surface area (Å²) in [6.45, 7) is 9.87. The highest BCUT2D eigenvalue weighted by molar-refractivity contribution is 5.52. The molecule has 0 aliphatic heterocycles. The molecule has 2 rings (SSSR count). The van der Waals surface area contributed by atoms with Crippen LogP contribution in [-0.2, 0) is 0 Å². The topological polar surface area (TPSA) is 12.0 Å². The lowest BCUT2D eigenvalue weighted by Crippen LogP contribution is -2.18. The zero-order valence-corrected chi connectivity index (χ0v) is 13.0. The Morgan fingerprint density at radius 2 is 1.65 bits per heavy atom. The average Bonchev–Trinajstić information content (AvgIpc) is 2.43. The van der Waals surface area contributed by atoms with Crippen molar-refractivity contribution in [2.24, 2.45) is 5.92 Å². The van der Waals surface area contributed by atoms with E-state index < -0.39 is 0 Å². The first-order valence-corrected chi connectivity index (χ1v) is 7.44. The summed E-state index contributed by atoms with van der Waals surface area (Å²) in [5.41, 5.74) is 5.29. The van der Waals surface area contributed by atoms with Crippen molar-refractivity contribution in [2.45, 2.75) is 33.6 Å². The molecule has 20 heavy (non-hydrogen) atoms. The maximum absolute atomic E-state index is 3.63. The molecule has 0 amide bonds. The van der Waals surface area contributed by atoms with Gasteiger partial charge in [-0.2, -0.15) is 0 Å². The Balaban J connectivity index is 2.12. The highest BCUT2D eigenvalue weighted by Crippen LogP contribution is 2.26. The number of hydrogen-bond donors (Lipinski definition) is 1. The summed E-state index contributed by atoms with van der Waals surface area (Å²) >= 11 is 0. The van der Waals surface area contributed by atoms with Crippen molar-refractivity contribution in [1.82, 2.24) is 0 Å². The molecule has 0 spiro atoms. The number of hydrogen-bond acceptors (Lipinski definition) is 1. The van der Waals surface area contributed by atoms with Crippen molar-refractivity contribution in [2.75, 3.05) is 11.9 Å². The van der Waals surface area contributed by atoms with E-state index in [1.165, 1.54) is 22.4 Å². The molecular formula is C19H25N. The van der Waals surface area contributed by atoms with E-state index in [-0.39, 0.29) is 0 Å². The van der Waals surface area contributed by atoms with Crippen molar-refractivity contribution in [3.63, 3.8) is 0 Å².